The van der Waals surface area contributed by atoms with E-state index in [1.807, 2.05) is 26.1 Å². The number of pyridine rings is 1. The van der Waals surface area contributed by atoms with Gasteiger partial charge in [0.1, 0.15) is 0 Å². The normalized spacial score (nSPS) is 15.9. The van der Waals surface area contributed by atoms with E-state index in [-0.39, 0.29) is 11.9 Å². The molecule has 0 radical (unpaired) electrons. The van der Waals surface area contributed by atoms with Crippen molar-refractivity contribution in [1.29, 1.82) is 0 Å². The van der Waals surface area contributed by atoms with E-state index in [1.54, 1.807) is 10.9 Å². The number of likely N-dealkylation sites (tertiary alicyclic amines) is 1. The highest BCUT2D eigenvalue weighted by atomic mass is 16.1. The average molecular weight is 363 g/mol. The number of benzene rings is 1. The van der Waals surface area contributed by atoms with Gasteiger partial charge in [0.15, 0.2) is 5.65 Å². The number of hydrogen-bond donors (Lipinski definition) is 1. The van der Waals surface area contributed by atoms with Crippen LogP contribution in [0.1, 0.15) is 40.5 Å². The molecule has 0 saturated carbocycles. The smallest absolute Gasteiger partial charge is 0.252 e. The molecule has 4 rings (SSSR count). The predicted molar refractivity (Wildman–Crippen MR) is 106 cm³/mol. The van der Waals surface area contributed by atoms with E-state index < -0.39 is 0 Å². The Kier molecular flexibility index (Phi) is 4.90. The van der Waals surface area contributed by atoms with E-state index in [1.165, 1.54) is 18.4 Å². The number of nitrogens with one attached hydrogen (secondary N) is 1. The van der Waals surface area contributed by atoms with Gasteiger partial charge in [0.2, 0.25) is 0 Å². The Morgan fingerprint density at radius 2 is 1.96 bits per heavy atom. The topological polar surface area (TPSA) is 63.1 Å². The minimum absolute atomic E-state index is 0.0900. The number of carbonyl (C=O) groups excluding carboxylic acids is 1. The van der Waals surface area contributed by atoms with Crippen molar-refractivity contribution in [2.45, 2.75) is 25.8 Å². The molecule has 0 aliphatic carbocycles. The van der Waals surface area contributed by atoms with Crippen molar-refractivity contribution >= 4 is 16.9 Å². The van der Waals surface area contributed by atoms with Crippen LogP contribution >= 0.6 is 0 Å². The maximum absolute atomic E-state index is 12.8. The minimum Gasteiger partial charge on any atom is -0.350 e. The monoisotopic (exact) mass is 363 g/mol. The second kappa shape index (κ2) is 7.48. The number of fused-ring (bicyclic) bond motifs is 1. The lowest BCUT2D eigenvalue weighted by Crippen LogP contribution is -2.36. The van der Waals surface area contributed by atoms with Crippen molar-refractivity contribution < 1.29 is 4.79 Å². The van der Waals surface area contributed by atoms with Crippen LogP contribution in [0.2, 0.25) is 0 Å². The fourth-order valence-electron chi connectivity index (χ4n) is 3.91. The Morgan fingerprint density at radius 1 is 1.22 bits per heavy atom. The number of amides is 1. The summed E-state index contributed by atoms with van der Waals surface area (Å²) in [5.74, 6) is -0.0900. The minimum atomic E-state index is -0.0900. The number of rotatable bonds is 5. The van der Waals surface area contributed by atoms with E-state index in [0.29, 0.717) is 12.1 Å². The molecule has 1 aliphatic heterocycles. The van der Waals surface area contributed by atoms with Crippen molar-refractivity contribution in [2.75, 3.05) is 19.6 Å². The molecule has 27 heavy (non-hydrogen) atoms. The van der Waals surface area contributed by atoms with E-state index >= 15 is 0 Å². The molecule has 1 amide bonds. The van der Waals surface area contributed by atoms with Gasteiger partial charge in [-0.05, 0) is 44.5 Å². The van der Waals surface area contributed by atoms with Crippen LogP contribution in [0.5, 0.6) is 0 Å². The van der Waals surface area contributed by atoms with Crippen molar-refractivity contribution in [3.05, 3.63) is 59.4 Å². The van der Waals surface area contributed by atoms with Gasteiger partial charge in [0.25, 0.3) is 5.91 Å². The van der Waals surface area contributed by atoms with E-state index in [2.05, 4.69) is 44.6 Å². The maximum Gasteiger partial charge on any atom is 0.252 e. The van der Waals surface area contributed by atoms with Crippen LogP contribution in [-0.2, 0) is 7.05 Å². The number of nitrogens with zero attached hydrogens (tertiary/aromatic N) is 4. The first-order valence-corrected chi connectivity index (χ1v) is 9.50. The summed E-state index contributed by atoms with van der Waals surface area (Å²) >= 11 is 0. The second-order valence-electron chi connectivity index (χ2n) is 7.18. The van der Waals surface area contributed by atoms with Crippen LogP contribution in [0.4, 0.5) is 0 Å². The molecule has 1 N–H and O–H groups in total. The van der Waals surface area contributed by atoms with Gasteiger partial charge in [-0.15, -0.1) is 0 Å². The van der Waals surface area contributed by atoms with Gasteiger partial charge in [-0.1, -0.05) is 30.3 Å². The number of carbonyl (C=O) groups is 1. The molecule has 0 spiro atoms. The molecule has 2 aromatic heterocycles. The summed E-state index contributed by atoms with van der Waals surface area (Å²) in [5, 5.41) is 8.41. The molecular formula is C21H25N5O. The van der Waals surface area contributed by atoms with Gasteiger partial charge >= 0.3 is 0 Å². The Morgan fingerprint density at radius 3 is 2.70 bits per heavy atom. The Labute approximate surface area is 159 Å². The van der Waals surface area contributed by atoms with Crippen molar-refractivity contribution in [2.24, 2.45) is 7.05 Å². The third kappa shape index (κ3) is 3.57. The lowest BCUT2D eigenvalue weighted by Gasteiger charge is -2.28. The van der Waals surface area contributed by atoms with Crippen LogP contribution in [0, 0.1) is 6.92 Å². The van der Waals surface area contributed by atoms with E-state index in [4.69, 9.17) is 0 Å². The van der Waals surface area contributed by atoms with Crippen LogP contribution in [-0.4, -0.2) is 45.2 Å². The molecule has 6 heteroatoms. The molecule has 0 bridgehead atoms. The standard InChI is InChI=1S/C21H25N5O/c1-15-18-12-17(13-22-20(18)25(2)24-15)21(27)23-14-19(26-10-6-7-11-26)16-8-4-3-5-9-16/h3-5,8-9,12-13,19H,6-7,10-11,14H2,1-2H3,(H,23,27). The molecule has 140 valence electrons. The molecule has 6 nitrogen and oxygen atoms in total. The summed E-state index contributed by atoms with van der Waals surface area (Å²) in [5.41, 5.74) is 3.50. The van der Waals surface area contributed by atoms with Gasteiger partial charge in [0.05, 0.1) is 17.3 Å². The third-order valence-electron chi connectivity index (χ3n) is 5.35. The highest BCUT2D eigenvalue weighted by molar-refractivity contribution is 5.97. The summed E-state index contributed by atoms with van der Waals surface area (Å²) in [6, 6.07) is 12.5. The fraction of sp³-hybridized carbons (Fsp3) is 0.381. The summed E-state index contributed by atoms with van der Waals surface area (Å²) in [6.07, 6.45) is 4.07. The maximum atomic E-state index is 12.8. The first-order chi connectivity index (χ1) is 13.1. The Hall–Kier alpha value is -2.73. The zero-order valence-electron chi connectivity index (χ0n) is 15.9. The fourth-order valence-corrected chi connectivity index (χ4v) is 3.91. The van der Waals surface area contributed by atoms with Gasteiger partial charge in [-0.3, -0.25) is 14.4 Å². The Bertz CT molecular complexity index is 944. The summed E-state index contributed by atoms with van der Waals surface area (Å²) < 4.78 is 1.74. The van der Waals surface area contributed by atoms with Crippen molar-refractivity contribution in [3.63, 3.8) is 0 Å². The average Bonchev–Trinajstić information content (AvgIpc) is 3.31. The quantitative estimate of drug-likeness (QED) is 0.757. The molecule has 3 heterocycles. The summed E-state index contributed by atoms with van der Waals surface area (Å²) in [4.78, 5) is 19.6. The summed E-state index contributed by atoms with van der Waals surface area (Å²) in [6.45, 7) is 4.69. The lowest BCUT2D eigenvalue weighted by molar-refractivity contribution is 0.0937. The van der Waals surface area contributed by atoms with Crippen LogP contribution < -0.4 is 5.32 Å². The van der Waals surface area contributed by atoms with Crippen molar-refractivity contribution in [3.8, 4) is 0 Å². The van der Waals surface area contributed by atoms with Crippen LogP contribution in [0.25, 0.3) is 11.0 Å². The number of aryl methyl sites for hydroxylation is 2. The summed E-state index contributed by atoms with van der Waals surface area (Å²) in [7, 11) is 1.86. The predicted octanol–water partition coefficient (Wildman–Crippen LogP) is 2.84. The van der Waals surface area contributed by atoms with Gasteiger partial charge in [0, 0.05) is 25.2 Å². The molecule has 1 aromatic carbocycles. The number of aromatic nitrogens is 3. The SMILES string of the molecule is Cc1nn(C)c2ncc(C(=O)NCC(c3ccccc3)N3CCCC3)cc12. The molecule has 1 aliphatic rings. The molecule has 1 fully saturated rings. The largest absolute Gasteiger partial charge is 0.350 e. The first kappa shape index (κ1) is 17.7. The zero-order valence-corrected chi connectivity index (χ0v) is 15.9. The van der Waals surface area contributed by atoms with Gasteiger partial charge < -0.3 is 5.32 Å². The van der Waals surface area contributed by atoms with Gasteiger partial charge in [-0.25, -0.2) is 4.98 Å². The first-order valence-electron chi connectivity index (χ1n) is 9.50. The molecule has 1 saturated heterocycles. The highest BCUT2D eigenvalue weighted by Crippen LogP contribution is 2.24. The van der Waals surface area contributed by atoms with Crippen molar-refractivity contribution in [1.82, 2.24) is 25.0 Å². The molecule has 1 unspecified atom stereocenters. The van der Waals surface area contributed by atoms with Gasteiger partial charge in [-0.2, -0.15) is 5.10 Å². The Balaban J connectivity index is 1.52. The second-order valence-corrected chi connectivity index (χ2v) is 7.18. The van der Waals surface area contributed by atoms with E-state index in [9.17, 15) is 4.79 Å². The number of hydrogen-bond acceptors (Lipinski definition) is 4. The van der Waals surface area contributed by atoms with Crippen LogP contribution in [0.3, 0.4) is 0 Å². The van der Waals surface area contributed by atoms with Crippen LogP contribution in [0.15, 0.2) is 42.6 Å². The molecule has 3 aromatic rings. The zero-order chi connectivity index (χ0) is 18.8. The molecule has 1 atom stereocenters. The van der Waals surface area contributed by atoms with E-state index in [0.717, 1.165) is 29.8 Å². The third-order valence-corrected chi connectivity index (χ3v) is 5.35. The lowest BCUT2D eigenvalue weighted by atomic mass is 10.1. The molecular weight excluding hydrogens is 338 g/mol. The highest BCUT2D eigenvalue weighted by Gasteiger charge is 2.24.